The van der Waals surface area contributed by atoms with Crippen LogP contribution in [0.25, 0.3) is 10.9 Å². The summed E-state index contributed by atoms with van der Waals surface area (Å²) in [7, 11) is 0. The predicted molar refractivity (Wildman–Crippen MR) is 83.7 cm³/mol. The molecule has 2 heterocycles. The number of aromatic nitrogens is 1. The molecule has 2 aromatic carbocycles. The third-order valence-electron chi connectivity index (χ3n) is 4.06. The summed E-state index contributed by atoms with van der Waals surface area (Å²) in [6.07, 6.45) is 1.75. The number of hydrogen-bond acceptors (Lipinski definition) is 3. The van der Waals surface area contributed by atoms with Crippen LogP contribution in [-0.4, -0.2) is 17.3 Å². The van der Waals surface area contributed by atoms with Crippen molar-refractivity contribution in [3.63, 3.8) is 0 Å². The number of anilines is 1. The molecule has 1 unspecified atom stereocenters. The number of benzene rings is 2. The maximum atomic E-state index is 13.0. The van der Waals surface area contributed by atoms with Gasteiger partial charge in [-0.15, -0.1) is 0 Å². The van der Waals surface area contributed by atoms with E-state index in [4.69, 9.17) is 0 Å². The molecule has 3 aromatic rings. The molecule has 0 radical (unpaired) electrons. The highest BCUT2D eigenvalue weighted by Crippen LogP contribution is 2.34. The topological polar surface area (TPSA) is 42.0 Å². The molecule has 0 saturated carbocycles. The molecular weight excluding hydrogens is 260 g/mol. The molecule has 3 heteroatoms. The largest absolute Gasteiger partial charge is 0.384 e. The number of ketones is 1. The van der Waals surface area contributed by atoms with Gasteiger partial charge in [0.1, 0.15) is 0 Å². The molecule has 0 amide bonds. The van der Waals surface area contributed by atoms with E-state index < -0.39 is 0 Å². The second-order valence-electron chi connectivity index (χ2n) is 5.26. The quantitative estimate of drug-likeness (QED) is 0.726. The molecule has 1 atom stereocenters. The fourth-order valence-electron chi connectivity index (χ4n) is 3.02. The Hall–Kier alpha value is -2.68. The van der Waals surface area contributed by atoms with Crippen LogP contribution >= 0.6 is 0 Å². The third-order valence-corrected chi connectivity index (χ3v) is 4.06. The van der Waals surface area contributed by atoms with Crippen molar-refractivity contribution < 1.29 is 4.79 Å². The van der Waals surface area contributed by atoms with E-state index >= 15 is 0 Å². The highest BCUT2D eigenvalue weighted by molar-refractivity contribution is 6.11. The van der Waals surface area contributed by atoms with Crippen molar-refractivity contribution in [1.29, 1.82) is 0 Å². The number of nitrogens with zero attached hydrogens (tertiary/aromatic N) is 1. The molecule has 1 aliphatic heterocycles. The van der Waals surface area contributed by atoms with Crippen molar-refractivity contribution >= 4 is 22.4 Å². The van der Waals surface area contributed by atoms with Crippen LogP contribution in [0.5, 0.6) is 0 Å². The van der Waals surface area contributed by atoms with Crippen LogP contribution in [0.1, 0.15) is 21.8 Å². The van der Waals surface area contributed by atoms with E-state index in [1.807, 2.05) is 54.6 Å². The number of pyridine rings is 1. The van der Waals surface area contributed by atoms with Crippen molar-refractivity contribution in [3.8, 4) is 0 Å². The van der Waals surface area contributed by atoms with Crippen molar-refractivity contribution in [3.05, 3.63) is 71.9 Å². The molecule has 0 fully saturated rings. The Labute approximate surface area is 122 Å². The van der Waals surface area contributed by atoms with Gasteiger partial charge in [0.15, 0.2) is 5.78 Å². The molecule has 0 saturated heterocycles. The zero-order valence-electron chi connectivity index (χ0n) is 11.4. The van der Waals surface area contributed by atoms with Crippen molar-refractivity contribution in [2.45, 2.75) is 5.92 Å². The Bertz CT molecular complexity index is 836. The number of Topliss-reactive ketones (excluding diaryl/α,β-unsaturated/α-hetero) is 1. The summed E-state index contributed by atoms with van der Waals surface area (Å²) in [5, 5.41) is 4.24. The van der Waals surface area contributed by atoms with Gasteiger partial charge in [-0.1, -0.05) is 36.4 Å². The van der Waals surface area contributed by atoms with Gasteiger partial charge < -0.3 is 5.32 Å². The molecule has 4 rings (SSSR count). The number of fused-ring (bicyclic) bond motifs is 2. The van der Waals surface area contributed by atoms with E-state index in [1.54, 1.807) is 6.20 Å². The van der Waals surface area contributed by atoms with E-state index in [0.717, 1.165) is 27.7 Å². The lowest BCUT2D eigenvalue weighted by molar-refractivity contribution is 0.0968. The molecule has 1 N–H and O–H groups in total. The monoisotopic (exact) mass is 274 g/mol. The smallest absolute Gasteiger partial charge is 0.172 e. The van der Waals surface area contributed by atoms with Crippen molar-refractivity contribution in [2.24, 2.45) is 0 Å². The Balaban J connectivity index is 1.82. The van der Waals surface area contributed by atoms with E-state index in [9.17, 15) is 4.79 Å². The first-order valence-corrected chi connectivity index (χ1v) is 7.05. The Morgan fingerprint density at radius 1 is 1.05 bits per heavy atom. The Kier molecular flexibility index (Phi) is 2.71. The summed E-state index contributed by atoms with van der Waals surface area (Å²) < 4.78 is 0. The van der Waals surface area contributed by atoms with Crippen LogP contribution in [-0.2, 0) is 0 Å². The zero-order chi connectivity index (χ0) is 14.2. The van der Waals surface area contributed by atoms with Crippen LogP contribution in [0, 0.1) is 0 Å². The molecule has 1 aliphatic rings. The van der Waals surface area contributed by atoms with Gasteiger partial charge in [0.2, 0.25) is 0 Å². The SMILES string of the molecule is O=C(c1cccc2ncccc12)C1CNc2ccccc21. The molecule has 1 aromatic heterocycles. The summed E-state index contributed by atoms with van der Waals surface area (Å²) >= 11 is 0. The van der Waals surface area contributed by atoms with Crippen LogP contribution in [0.4, 0.5) is 5.69 Å². The lowest BCUT2D eigenvalue weighted by Crippen LogP contribution is -2.15. The van der Waals surface area contributed by atoms with Gasteiger partial charge in [0.05, 0.1) is 11.4 Å². The molecule has 0 bridgehead atoms. The van der Waals surface area contributed by atoms with Gasteiger partial charge in [0, 0.05) is 29.4 Å². The maximum absolute atomic E-state index is 13.0. The average Bonchev–Trinajstić information content (AvgIpc) is 2.98. The third kappa shape index (κ3) is 1.89. The molecule has 0 aliphatic carbocycles. The number of hydrogen-bond donors (Lipinski definition) is 1. The van der Waals surface area contributed by atoms with Gasteiger partial charge in [-0.05, 0) is 23.8 Å². The highest BCUT2D eigenvalue weighted by Gasteiger charge is 2.29. The maximum Gasteiger partial charge on any atom is 0.172 e. The Morgan fingerprint density at radius 3 is 2.90 bits per heavy atom. The number of carbonyl (C=O) groups excluding carboxylic acids is 1. The van der Waals surface area contributed by atoms with Crippen molar-refractivity contribution in [1.82, 2.24) is 4.98 Å². The van der Waals surface area contributed by atoms with Crippen LogP contribution < -0.4 is 5.32 Å². The number of para-hydroxylation sites is 1. The van der Waals surface area contributed by atoms with Crippen LogP contribution in [0.3, 0.4) is 0 Å². The lowest BCUT2D eigenvalue weighted by Gasteiger charge is -2.11. The average molecular weight is 274 g/mol. The standard InChI is InChI=1S/C18H14N2O/c21-18(15-11-20-17-8-2-1-5-13(15)17)14-6-3-9-16-12(14)7-4-10-19-16/h1-10,15,20H,11H2. The molecule has 21 heavy (non-hydrogen) atoms. The van der Waals surface area contributed by atoms with Crippen LogP contribution in [0.2, 0.25) is 0 Å². The van der Waals surface area contributed by atoms with Gasteiger partial charge in [-0.2, -0.15) is 0 Å². The minimum atomic E-state index is -0.119. The lowest BCUT2D eigenvalue weighted by atomic mass is 9.90. The van der Waals surface area contributed by atoms with E-state index in [1.165, 1.54) is 0 Å². The molecular formula is C18H14N2O. The molecule has 0 spiro atoms. The summed E-state index contributed by atoms with van der Waals surface area (Å²) in [5.41, 5.74) is 3.77. The van der Waals surface area contributed by atoms with Gasteiger partial charge in [-0.3, -0.25) is 9.78 Å². The van der Waals surface area contributed by atoms with Gasteiger partial charge in [-0.25, -0.2) is 0 Å². The summed E-state index contributed by atoms with van der Waals surface area (Å²) in [6, 6.07) is 17.6. The predicted octanol–water partition coefficient (Wildman–Crippen LogP) is 3.63. The summed E-state index contributed by atoms with van der Waals surface area (Å²) in [6.45, 7) is 0.662. The number of nitrogens with one attached hydrogen (secondary N) is 1. The van der Waals surface area contributed by atoms with Crippen LogP contribution in [0.15, 0.2) is 60.8 Å². The number of rotatable bonds is 2. The zero-order valence-corrected chi connectivity index (χ0v) is 11.4. The minimum absolute atomic E-state index is 0.119. The highest BCUT2D eigenvalue weighted by atomic mass is 16.1. The van der Waals surface area contributed by atoms with E-state index in [0.29, 0.717) is 6.54 Å². The fraction of sp³-hybridized carbons (Fsp3) is 0.111. The van der Waals surface area contributed by atoms with Gasteiger partial charge in [0.25, 0.3) is 0 Å². The Morgan fingerprint density at radius 2 is 1.95 bits per heavy atom. The normalized spacial score (nSPS) is 16.5. The first-order valence-electron chi connectivity index (χ1n) is 7.05. The second kappa shape index (κ2) is 4.70. The second-order valence-corrected chi connectivity index (χ2v) is 5.26. The summed E-state index contributed by atoms with van der Waals surface area (Å²) in [4.78, 5) is 17.3. The minimum Gasteiger partial charge on any atom is -0.384 e. The summed E-state index contributed by atoms with van der Waals surface area (Å²) in [5.74, 6) is 0.0399. The van der Waals surface area contributed by atoms with Gasteiger partial charge >= 0.3 is 0 Å². The fourth-order valence-corrected chi connectivity index (χ4v) is 3.02. The molecule has 102 valence electrons. The first-order chi connectivity index (χ1) is 10.3. The van der Waals surface area contributed by atoms with E-state index in [-0.39, 0.29) is 11.7 Å². The van der Waals surface area contributed by atoms with E-state index in [2.05, 4.69) is 10.3 Å². The first kappa shape index (κ1) is 12.1. The molecule has 3 nitrogen and oxygen atoms in total. The van der Waals surface area contributed by atoms with Crippen molar-refractivity contribution in [2.75, 3.05) is 11.9 Å². The number of carbonyl (C=O) groups is 1.